The maximum atomic E-state index is 12.6. The van der Waals surface area contributed by atoms with Gasteiger partial charge in [0.2, 0.25) is 0 Å². The molecule has 0 unspecified atom stereocenters. The van der Waals surface area contributed by atoms with E-state index in [0.29, 0.717) is 10.7 Å². The second kappa shape index (κ2) is 7.14. The molecule has 0 spiro atoms. The molecule has 1 atom stereocenters. The maximum Gasteiger partial charge on any atom is 0.327 e. The van der Waals surface area contributed by atoms with Gasteiger partial charge < -0.3 is 9.84 Å². The number of aliphatic carboxylic acids is 1. The topological polar surface area (TPSA) is 66.8 Å². The summed E-state index contributed by atoms with van der Waals surface area (Å²) in [6.07, 6.45) is 1.68. The summed E-state index contributed by atoms with van der Waals surface area (Å²) in [7, 11) is 1.55. The molecule has 1 amide bonds. The molecule has 0 saturated carbocycles. The second-order valence-corrected chi connectivity index (χ2v) is 7.00. The number of hydrogen-bond acceptors (Lipinski definition) is 5. The Morgan fingerprint density at radius 2 is 2.04 bits per heavy atom. The third-order valence-electron chi connectivity index (χ3n) is 3.41. The average Bonchev–Trinajstić information content (AvgIpc) is 2.75. The molecule has 1 fully saturated rings. The number of carbonyl (C=O) groups excluding carboxylic acids is 1. The molecule has 1 N–H and O–H groups in total. The van der Waals surface area contributed by atoms with Crippen LogP contribution in [0.5, 0.6) is 5.75 Å². The Morgan fingerprint density at radius 3 is 2.61 bits per heavy atom. The molecule has 1 aromatic rings. The van der Waals surface area contributed by atoms with E-state index in [2.05, 4.69) is 0 Å². The van der Waals surface area contributed by atoms with Gasteiger partial charge in [0.05, 0.1) is 12.0 Å². The normalized spacial score (nSPS) is 17.9. The highest BCUT2D eigenvalue weighted by molar-refractivity contribution is 8.26. The monoisotopic (exact) mass is 351 g/mol. The Hall–Kier alpha value is -1.86. The van der Waals surface area contributed by atoms with Crippen molar-refractivity contribution < 1.29 is 19.4 Å². The minimum Gasteiger partial charge on any atom is -0.496 e. The molecule has 0 bridgehead atoms. The number of hydrogen-bond donors (Lipinski definition) is 1. The molecule has 1 saturated heterocycles. The number of amides is 1. The van der Waals surface area contributed by atoms with Crippen LogP contribution in [0.3, 0.4) is 0 Å². The molecule has 1 heterocycles. The number of carboxylic acids is 1. The number of thioether (sulfide) groups is 1. The predicted octanol–water partition coefficient (Wildman–Crippen LogP) is 3.01. The van der Waals surface area contributed by atoms with Gasteiger partial charge in [-0.2, -0.15) is 0 Å². The van der Waals surface area contributed by atoms with Gasteiger partial charge in [0.15, 0.2) is 0 Å². The van der Waals surface area contributed by atoms with Crippen molar-refractivity contribution in [2.24, 2.45) is 5.92 Å². The lowest BCUT2D eigenvalue weighted by atomic mass is 10.0. The van der Waals surface area contributed by atoms with E-state index >= 15 is 0 Å². The quantitative estimate of drug-likeness (QED) is 0.650. The maximum absolute atomic E-state index is 12.6. The van der Waals surface area contributed by atoms with Crippen LogP contribution in [0.25, 0.3) is 6.08 Å². The summed E-state index contributed by atoms with van der Waals surface area (Å²) in [5.41, 5.74) is 0.743. The van der Waals surface area contributed by atoms with Crippen LogP contribution in [0.1, 0.15) is 19.4 Å². The Labute approximate surface area is 144 Å². The number of thiocarbonyl (C=S) groups is 1. The minimum absolute atomic E-state index is 0.249. The van der Waals surface area contributed by atoms with Gasteiger partial charge in [0.1, 0.15) is 16.1 Å². The second-order valence-electron chi connectivity index (χ2n) is 5.32. The third-order valence-corrected chi connectivity index (χ3v) is 4.74. The zero-order valence-electron chi connectivity index (χ0n) is 13.0. The summed E-state index contributed by atoms with van der Waals surface area (Å²) in [4.78, 5) is 25.7. The first-order valence-corrected chi connectivity index (χ1v) is 8.22. The molecule has 2 rings (SSSR count). The van der Waals surface area contributed by atoms with Crippen molar-refractivity contribution in [1.29, 1.82) is 0 Å². The van der Waals surface area contributed by atoms with E-state index in [9.17, 15) is 14.7 Å². The summed E-state index contributed by atoms with van der Waals surface area (Å²) in [5, 5.41) is 9.40. The number of para-hydroxylation sites is 1. The van der Waals surface area contributed by atoms with Crippen molar-refractivity contribution in [2.75, 3.05) is 7.11 Å². The molecule has 122 valence electrons. The summed E-state index contributed by atoms with van der Waals surface area (Å²) in [6.45, 7) is 3.50. The Bertz CT molecular complexity index is 684. The lowest BCUT2D eigenvalue weighted by molar-refractivity contribution is -0.146. The van der Waals surface area contributed by atoms with Gasteiger partial charge in [0, 0.05) is 5.56 Å². The van der Waals surface area contributed by atoms with E-state index in [4.69, 9.17) is 17.0 Å². The number of benzene rings is 1. The summed E-state index contributed by atoms with van der Waals surface area (Å²) >= 11 is 6.33. The van der Waals surface area contributed by atoms with E-state index < -0.39 is 12.0 Å². The zero-order valence-corrected chi connectivity index (χ0v) is 14.6. The highest BCUT2D eigenvalue weighted by Gasteiger charge is 2.41. The number of nitrogens with zero attached hydrogens (tertiary/aromatic N) is 1. The Morgan fingerprint density at radius 1 is 1.39 bits per heavy atom. The van der Waals surface area contributed by atoms with Crippen LogP contribution < -0.4 is 4.74 Å². The number of carbonyl (C=O) groups is 2. The fourth-order valence-corrected chi connectivity index (χ4v) is 3.66. The molecule has 0 radical (unpaired) electrons. The van der Waals surface area contributed by atoms with Crippen molar-refractivity contribution in [3.63, 3.8) is 0 Å². The van der Waals surface area contributed by atoms with E-state index in [1.807, 2.05) is 18.2 Å². The van der Waals surface area contributed by atoms with Crippen LogP contribution in [0, 0.1) is 5.92 Å². The van der Waals surface area contributed by atoms with Gasteiger partial charge in [0.25, 0.3) is 5.91 Å². The summed E-state index contributed by atoms with van der Waals surface area (Å²) in [6, 6.07) is 6.32. The van der Waals surface area contributed by atoms with Gasteiger partial charge >= 0.3 is 5.97 Å². The first-order valence-electron chi connectivity index (χ1n) is 6.99. The zero-order chi connectivity index (χ0) is 17.1. The average molecular weight is 351 g/mol. The lowest BCUT2D eigenvalue weighted by Gasteiger charge is -2.26. The van der Waals surface area contributed by atoms with Crippen LogP contribution in [0.2, 0.25) is 0 Å². The van der Waals surface area contributed by atoms with Crippen LogP contribution >= 0.6 is 24.0 Å². The van der Waals surface area contributed by atoms with Crippen LogP contribution in [-0.2, 0) is 9.59 Å². The van der Waals surface area contributed by atoms with E-state index in [1.165, 1.54) is 4.90 Å². The lowest BCUT2D eigenvalue weighted by Crippen LogP contribution is -2.47. The van der Waals surface area contributed by atoms with Gasteiger partial charge in [-0.3, -0.25) is 9.69 Å². The third kappa shape index (κ3) is 3.56. The van der Waals surface area contributed by atoms with Crippen molar-refractivity contribution in [3.05, 3.63) is 34.7 Å². The van der Waals surface area contributed by atoms with Crippen molar-refractivity contribution in [3.8, 4) is 5.75 Å². The molecular formula is C16H17NO4S2. The van der Waals surface area contributed by atoms with E-state index in [0.717, 1.165) is 17.3 Å². The molecule has 1 aliphatic heterocycles. The predicted molar refractivity (Wildman–Crippen MR) is 94.3 cm³/mol. The summed E-state index contributed by atoms with van der Waals surface area (Å²) < 4.78 is 5.52. The smallest absolute Gasteiger partial charge is 0.327 e. The molecule has 7 heteroatoms. The highest BCUT2D eigenvalue weighted by Crippen LogP contribution is 2.36. The SMILES string of the molecule is COc1ccccc1/C=C1/SC(=S)N([C@H](C(=O)O)C(C)C)C1=O. The molecule has 1 aliphatic rings. The van der Waals surface area contributed by atoms with Gasteiger partial charge in [-0.25, -0.2) is 4.79 Å². The van der Waals surface area contributed by atoms with Gasteiger partial charge in [-0.05, 0) is 18.1 Å². The largest absolute Gasteiger partial charge is 0.496 e. The van der Waals surface area contributed by atoms with Gasteiger partial charge in [-0.1, -0.05) is 56.0 Å². The van der Waals surface area contributed by atoms with Crippen LogP contribution in [0.4, 0.5) is 0 Å². The first-order chi connectivity index (χ1) is 10.9. The first kappa shape index (κ1) is 17.5. The van der Waals surface area contributed by atoms with E-state index in [-0.39, 0.29) is 16.1 Å². The highest BCUT2D eigenvalue weighted by atomic mass is 32.2. The Kier molecular flexibility index (Phi) is 5.43. The molecule has 0 aliphatic carbocycles. The van der Waals surface area contributed by atoms with Gasteiger partial charge in [-0.15, -0.1) is 0 Å². The molecule has 23 heavy (non-hydrogen) atoms. The number of ether oxygens (including phenoxy) is 1. The molecule has 5 nitrogen and oxygen atoms in total. The van der Waals surface area contributed by atoms with Crippen molar-refractivity contribution >= 4 is 46.3 Å². The molecule has 1 aromatic carbocycles. The van der Waals surface area contributed by atoms with Crippen LogP contribution in [0.15, 0.2) is 29.2 Å². The number of carboxylic acid groups (broad SMARTS) is 1. The van der Waals surface area contributed by atoms with Crippen molar-refractivity contribution in [1.82, 2.24) is 4.90 Å². The fourth-order valence-electron chi connectivity index (χ4n) is 2.34. The Balaban J connectivity index is 2.38. The minimum atomic E-state index is -1.06. The van der Waals surface area contributed by atoms with Crippen LogP contribution in [-0.4, -0.2) is 39.4 Å². The molecular weight excluding hydrogens is 334 g/mol. The standard InChI is InChI=1S/C16H17NO4S2/c1-9(2)13(15(19)20)17-14(18)12(23-16(17)22)8-10-6-4-5-7-11(10)21-3/h4-9,13H,1-3H3,(H,19,20)/b12-8+/t13-/m0/s1. The fraction of sp³-hybridized carbons (Fsp3) is 0.312. The number of methoxy groups -OCH3 is 1. The molecule has 0 aromatic heterocycles. The van der Waals surface area contributed by atoms with Crippen molar-refractivity contribution in [2.45, 2.75) is 19.9 Å². The van der Waals surface area contributed by atoms with E-state index in [1.54, 1.807) is 33.1 Å². The number of rotatable bonds is 5. The summed E-state index contributed by atoms with van der Waals surface area (Å²) in [5.74, 6) is -1.06.